The number of Topliss-reactive ketones (excluding diaryl/α,β-unsaturated/α-hetero) is 1. The van der Waals surface area contributed by atoms with E-state index in [0.29, 0.717) is 6.42 Å². The fourth-order valence-corrected chi connectivity index (χ4v) is 2.24. The molecule has 0 atom stereocenters. The molecule has 0 saturated carbocycles. The van der Waals surface area contributed by atoms with Crippen LogP contribution in [0.5, 0.6) is 0 Å². The fraction of sp³-hybridized carbons (Fsp3) is 0.500. The topological polar surface area (TPSA) is 17.1 Å². The molecule has 88 valence electrons. The molecule has 0 amide bonds. The summed E-state index contributed by atoms with van der Waals surface area (Å²) in [6, 6.07) is 7.84. The van der Waals surface area contributed by atoms with E-state index in [9.17, 15) is 4.79 Å². The third-order valence-electron chi connectivity index (χ3n) is 2.65. The number of benzene rings is 1. The minimum absolute atomic E-state index is 0.287. The van der Waals surface area contributed by atoms with E-state index in [1.54, 1.807) is 0 Å². The molecule has 0 aromatic heterocycles. The van der Waals surface area contributed by atoms with Crippen LogP contribution < -0.4 is 0 Å². The van der Waals surface area contributed by atoms with Gasteiger partial charge in [0.15, 0.2) is 5.78 Å². The van der Waals surface area contributed by atoms with Crippen LogP contribution in [0.3, 0.4) is 0 Å². The first kappa shape index (κ1) is 13.7. The zero-order valence-electron chi connectivity index (χ0n) is 9.84. The van der Waals surface area contributed by atoms with Gasteiger partial charge in [-0.1, -0.05) is 44.7 Å². The number of hydrogen-bond acceptors (Lipinski definition) is 1. The predicted molar refractivity (Wildman–Crippen MR) is 76.9 cm³/mol. The average Bonchev–Trinajstić information content (AvgIpc) is 2.28. The summed E-state index contributed by atoms with van der Waals surface area (Å²) in [6.45, 7) is 2.21. The smallest absolute Gasteiger partial charge is 0.162 e. The molecule has 1 nitrogen and oxygen atoms in total. The quantitative estimate of drug-likeness (QED) is 0.397. The highest BCUT2D eigenvalue weighted by molar-refractivity contribution is 14.1. The molecule has 0 unspecified atom stereocenters. The first-order chi connectivity index (χ1) is 7.74. The summed E-state index contributed by atoms with van der Waals surface area (Å²) >= 11 is 2.24. The molecule has 0 radical (unpaired) electrons. The molecule has 1 rings (SSSR count). The molecule has 0 aliphatic heterocycles. The number of carbonyl (C=O) groups is 1. The highest BCUT2D eigenvalue weighted by Gasteiger charge is 2.05. The van der Waals surface area contributed by atoms with Crippen LogP contribution in [0, 0.1) is 3.57 Å². The van der Waals surface area contributed by atoms with Crippen molar-refractivity contribution in [3.05, 3.63) is 33.4 Å². The summed E-state index contributed by atoms with van der Waals surface area (Å²) < 4.78 is 1.13. The molecule has 2 heteroatoms. The van der Waals surface area contributed by atoms with Crippen molar-refractivity contribution >= 4 is 28.4 Å². The van der Waals surface area contributed by atoms with Gasteiger partial charge < -0.3 is 0 Å². The van der Waals surface area contributed by atoms with Crippen LogP contribution >= 0.6 is 22.6 Å². The Hall–Kier alpha value is -0.380. The number of unbranched alkanes of at least 4 members (excludes halogenated alkanes) is 4. The molecule has 0 aliphatic carbocycles. The summed E-state index contributed by atoms with van der Waals surface area (Å²) in [5.74, 6) is 0.287. The molecule has 0 spiro atoms. The van der Waals surface area contributed by atoms with Crippen molar-refractivity contribution in [2.45, 2.75) is 45.4 Å². The fourth-order valence-electron chi connectivity index (χ4n) is 1.70. The number of carbonyl (C=O) groups excluding carboxylic acids is 1. The molecular formula is C14H19IO. The highest BCUT2D eigenvalue weighted by Crippen LogP contribution is 2.12. The van der Waals surface area contributed by atoms with Gasteiger partial charge in [0.1, 0.15) is 0 Å². The van der Waals surface area contributed by atoms with E-state index < -0.39 is 0 Å². The minimum Gasteiger partial charge on any atom is -0.294 e. The Kier molecular flexibility index (Phi) is 6.69. The molecule has 16 heavy (non-hydrogen) atoms. The van der Waals surface area contributed by atoms with E-state index in [1.165, 1.54) is 25.7 Å². The first-order valence-electron chi connectivity index (χ1n) is 6.03. The lowest BCUT2D eigenvalue weighted by Crippen LogP contribution is -1.99. The van der Waals surface area contributed by atoms with E-state index in [2.05, 4.69) is 29.5 Å². The van der Waals surface area contributed by atoms with E-state index in [0.717, 1.165) is 15.6 Å². The van der Waals surface area contributed by atoms with Crippen LogP contribution in [0.1, 0.15) is 55.8 Å². The largest absolute Gasteiger partial charge is 0.294 e. The standard InChI is InChI=1S/C14H19IO/c1-2-3-4-5-6-10-14(16)12-8-7-9-13(15)11-12/h7-9,11H,2-6,10H2,1H3. The molecular weight excluding hydrogens is 311 g/mol. The number of rotatable bonds is 7. The molecule has 0 N–H and O–H groups in total. The third kappa shape index (κ3) is 5.10. The Bertz CT molecular complexity index is 333. The second kappa shape index (κ2) is 7.82. The van der Waals surface area contributed by atoms with Gasteiger partial charge in [-0.15, -0.1) is 0 Å². The van der Waals surface area contributed by atoms with Gasteiger partial charge in [0.05, 0.1) is 0 Å². The summed E-state index contributed by atoms with van der Waals surface area (Å²) in [6.07, 6.45) is 6.72. The maximum Gasteiger partial charge on any atom is 0.162 e. The van der Waals surface area contributed by atoms with Crippen LogP contribution in [-0.2, 0) is 0 Å². The van der Waals surface area contributed by atoms with Crippen LogP contribution in [0.15, 0.2) is 24.3 Å². The summed E-state index contributed by atoms with van der Waals surface area (Å²) in [5, 5.41) is 0. The van der Waals surface area contributed by atoms with Crippen molar-refractivity contribution in [1.29, 1.82) is 0 Å². The lowest BCUT2D eigenvalue weighted by atomic mass is 10.0. The van der Waals surface area contributed by atoms with Gasteiger partial charge in [0.2, 0.25) is 0 Å². The second-order valence-corrected chi connectivity index (χ2v) is 5.34. The predicted octanol–water partition coefficient (Wildman–Crippen LogP) is 4.83. The van der Waals surface area contributed by atoms with Crippen molar-refractivity contribution in [1.82, 2.24) is 0 Å². The van der Waals surface area contributed by atoms with Crippen molar-refractivity contribution in [3.63, 3.8) is 0 Å². The summed E-state index contributed by atoms with van der Waals surface area (Å²) in [7, 11) is 0. The Morgan fingerprint density at radius 2 is 1.94 bits per heavy atom. The summed E-state index contributed by atoms with van der Waals surface area (Å²) in [5.41, 5.74) is 0.863. The van der Waals surface area contributed by atoms with Gasteiger partial charge in [-0.2, -0.15) is 0 Å². The van der Waals surface area contributed by atoms with Crippen molar-refractivity contribution in [3.8, 4) is 0 Å². The third-order valence-corrected chi connectivity index (χ3v) is 3.32. The molecule has 0 heterocycles. The monoisotopic (exact) mass is 330 g/mol. The van der Waals surface area contributed by atoms with Gasteiger partial charge >= 0.3 is 0 Å². The Balaban J connectivity index is 2.30. The van der Waals surface area contributed by atoms with Gasteiger partial charge in [-0.05, 0) is 41.1 Å². The maximum absolute atomic E-state index is 11.8. The molecule has 0 fully saturated rings. The van der Waals surface area contributed by atoms with Crippen molar-refractivity contribution in [2.75, 3.05) is 0 Å². The van der Waals surface area contributed by atoms with Crippen LogP contribution in [-0.4, -0.2) is 5.78 Å². The van der Waals surface area contributed by atoms with Crippen LogP contribution in [0.25, 0.3) is 0 Å². The van der Waals surface area contributed by atoms with Crippen LogP contribution in [0.2, 0.25) is 0 Å². The first-order valence-corrected chi connectivity index (χ1v) is 7.10. The normalized spacial score (nSPS) is 10.4. The Labute approximate surface area is 112 Å². The molecule has 0 aliphatic rings. The Morgan fingerprint density at radius 1 is 1.19 bits per heavy atom. The van der Waals surface area contributed by atoms with Gasteiger partial charge in [0.25, 0.3) is 0 Å². The van der Waals surface area contributed by atoms with Crippen LogP contribution in [0.4, 0.5) is 0 Å². The van der Waals surface area contributed by atoms with E-state index in [4.69, 9.17) is 0 Å². The number of halogens is 1. The second-order valence-electron chi connectivity index (χ2n) is 4.10. The zero-order chi connectivity index (χ0) is 11.8. The molecule has 1 aromatic carbocycles. The van der Waals surface area contributed by atoms with E-state index >= 15 is 0 Å². The summed E-state index contributed by atoms with van der Waals surface area (Å²) in [4.78, 5) is 11.8. The van der Waals surface area contributed by atoms with Crippen molar-refractivity contribution < 1.29 is 4.79 Å². The number of hydrogen-bond donors (Lipinski definition) is 0. The zero-order valence-corrected chi connectivity index (χ0v) is 12.0. The SMILES string of the molecule is CCCCCCCC(=O)c1cccc(I)c1. The lowest BCUT2D eigenvalue weighted by Gasteiger charge is -2.01. The van der Waals surface area contributed by atoms with Gasteiger partial charge in [0, 0.05) is 15.6 Å². The van der Waals surface area contributed by atoms with E-state index in [1.807, 2.05) is 24.3 Å². The van der Waals surface area contributed by atoms with Gasteiger partial charge in [-0.25, -0.2) is 0 Å². The minimum atomic E-state index is 0.287. The molecule has 1 aromatic rings. The average molecular weight is 330 g/mol. The van der Waals surface area contributed by atoms with E-state index in [-0.39, 0.29) is 5.78 Å². The lowest BCUT2D eigenvalue weighted by molar-refractivity contribution is 0.0979. The number of ketones is 1. The Morgan fingerprint density at radius 3 is 2.62 bits per heavy atom. The maximum atomic E-state index is 11.8. The molecule has 0 bridgehead atoms. The van der Waals surface area contributed by atoms with Crippen molar-refractivity contribution in [2.24, 2.45) is 0 Å². The van der Waals surface area contributed by atoms with Gasteiger partial charge in [-0.3, -0.25) is 4.79 Å². The highest BCUT2D eigenvalue weighted by atomic mass is 127. The molecule has 0 saturated heterocycles.